The smallest absolute Gasteiger partial charge is 0.124 e. The van der Waals surface area contributed by atoms with Crippen LogP contribution in [0.15, 0.2) is 18.2 Å². The monoisotopic (exact) mass is 265 g/mol. The number of nitrogens with one attached hydrogen (secondary N) is 1. The SMILES string of the molecule is CCC(C)C(C)NCC(O)c1cc(C)ccc1OC. The molecule has 0 radical (unpaired) electrons. The van der Waals surface area contributed by atoms with Gasteiger partial charge in [0.05, 0.1) is 13.2 Å². The molecule has 0 aromatic heterocycles. The van der Waals surface area contributed by atoms with E-state index < -0.39 is 6.10 Å². The van der Waals surface area contributed by atoms with Gasteiger partial charge in [0.15, 0.2) is 0 Å². The van der Waals surface area contributed by atoms with Crippen molar-refractivity contribution in [1.29, 1.82) is 0 Å². The van der Waals surface area contributed by atoms with Crippen LogP contribution in [0.2, 0.25) is 0 Å². The zero-order valence-electron chi connectivity index (χ0n) is 12.7. The second kappa shape index (κ2) is 7.51. The first-order valence-corrected chi connectivity index (χ1v) is 7.05. The Morgan fingerprint density at radius 1 is 1.32 bits per heavy atom. The molecule has 0 aliphatic carbocycles. The van der Waals surface area contributed by atoms with Crippen LogP contribution in [0, 0.1) is 12.8 Å². The summed E-state index contributed by atoms with van der Waals surface area (Å²) in [5.74, 6) is 1.35. The highest BCUT2D eigenvalue weighted by Gasteiger charge is 2.16. The Labute approximate surface area is 117 Å². The van der Waals surface area contributed by atoms with Gasteiger partial charge in [-0.25, -0.2) is 0 Å². The van der Waals surface area contributed by atoms with Crippen LogP contribution in [0.5, 0.6) is 5.75 Å². The topological polar surface area (TPSA) is 41.5 Å². The highest BCUT2D eigenvalue weighted by atomic mass is 16.5. The van der Waals surface area contributed by atoms with Gasteiger partial charge in [-0.2, -0.15) is 0 Å². The van der Waals surface area contributed by atoms with Gasteiger partial charge in [0, 0.05) is 18.2 Å². The van der Waals surface area contributed by atoms with Gasteiger partial charge in [0.25, 0.3) is 0 Å². The Morgan fingerprint density at radius 2 is 2.00 bits per heavy atom. The minimum absolute atomic E-state index is 0.399. The fourth-order valence-corrected chi connectivity index (χ4v) is 2.08. The summed E-state index contributed by atoms with van der Waals surface area (Å²) in [5.41, 5.74) is 1.98. The summed E-state index contributed by atoms with van der Waals surface area (Å²) < 4.78 is 5.31. The van der Waals surface area contributed by atoms with E-state index >= 15 is 0 Å². The van der Waals surface area contributed by atoms with Gasteiger partial charge in [-0.3, -0.25) is 0 Å². The largest absolute Gasteiger partial charge is 0.496 e. The third kappa shape index (κ3) is 4.51. The third-order valence-corrected chi connectivity index (χ3v) is 3.87. The molecule has 0 amide bonds. The summed E-state index contributed by atoms with van der Waals surface area (Å²) in [4.78, 5) is 0. The van der Waals surface area contributed by atoms with Gasteiger partial charge in [-0.1, -0.05) is 31.9 Å². The maximum atomic E-state index is 10.3. The second-order valence-corrected chi connectivity index (χ2v) is 5.34. The summed E-state index contributed by atoms with van der Waals surface area (Å²) in [5, 5.41) is 13.7. The molecule has 3 nitrogen and oxygen atoms in total. The number of hydrogen-bond acceptors (Lipinski definition) is 3. The molecule has 3 atom stereocenters. The molecule has 19 heavy (non-hydrogen) atoms. The lowest BCUT2D eigenvalue weighted by molar-refractivity contribution is 0.162. The van der Waals surface area contributed by atoms with Gasteiger partial charge < -0.3 is 15.2 Å². The van der Waals surface area contributed by atoms with Crippen LogP contribution in [-0.4, -0.2) is 24.8 Å². The van der Waals surface area contributed by atoms with Crippen molar-refractivity contribution in [2.24, 2.45) is 5.92 Å². The lowest BCUT2D eigenvalue weighted by atomic mass is 10.00. The number of rotatable bonds is 7. The summed E-state index contributed by atoms with van der Waals surface area (Å²) in [6.45, 7) is 9.13. The predicted molar refractivity (Wildman–Crippen MR) is 79.6 cm³/mol. The molecular weight excluding hydrogens is 238 g/mol. The van der Waals surface area contributed by atoms with E-state index in [4.69, 9.17) is 4.74 Å². The van der Waals surface area contributed by atoms with Crippen molar-refractivity contribution in [1.82, 2.24) is 5.32 Å². The molecule has 0 saturated heterocycles. The van der Waals surface area contributed by atoms with E-state index in [-0.39, 0.29) is 0 Å². The number of aliphatic hydroxyl groups is 1. The third-order valence-electron chi connectivity index (χ3n) is 3.87. The van der Waals surface area contributed by atoms with Crippen molar-refractivity contribution in [2.45, 2.75) is 46.3 Å². The van der Waals surface area contributed by atoms with E-state index in [2.05, 4.69) is 26.1 Å². The van der Waals surface area contributed by atoms with Crippen molar-refractivity contribution < 1.29 is 9.84 Å². The zero-order chi connectivity index (χ0) is 14.4. The first kappa shape index (κ1) is 16.0. The number of methoxy groups -OCH3 is 1. The number of hydrogen-bond donors (Lipinski definition) is 2. The van der Waals surface area contributed by atoms with Crippen LogP contribution in [0.1, 0.15) is 44.4 Å². The first-order valence-electron chi connectivity index (χ1n) is 7.05. The standard InChI is InChI=1S/C16H27NO2/c1-6-12(3)13(4)17-10-15(18)14-9-11(2)7-8-16(14)19-5/h7-9,12-13,15,17-18H,6,10H2,1-5H3. The molecule has 0 aliphatic rings. The molecule has 108 valence electrons. The molecule has 0 aliphatic heterocycles. The molecule has 2 N–H and O–H groups in total. The highest BCUT2D eigenvalue weighted by molar-refractivity contribution is 5.38. The molecule has 0 heterocycles. The van der Waals surface area contributed by atoms with E-state index in [0.29, 0.717) is 18.5 Å². The van der Waals surface area contributed by atoms with Gasteiger partial charge in [0.1, 0.15) is 5.75 Å². The number of aliphatic hydroxyl groups excluding tert-OH is 1. The van der Waals surface area contributed by atoms with Gasteiger partial charge in [-0.15, -0.1) is 0 Å². The Bertz CT molecular complexity index is 392. The average molecular weight is 265 g/mol. The molecule has 3 unspecified atom stereocenters. The van der Waals surface area contributed by atoms with Crippen molar-refractivity contribution in [3.8, 4) is 5.75 Å². The van der Waals surface area contributed by atoms with Crippen molar-refractivity contribution >= 4 is 0 Å². The number of ether oxygens (including phenoxy) is 1. The molecule has 0 fully saturated rings. The zero-order valence-corrected chi connectivity index (χ0v) is 12.7. The molecular formula is C16H27NO2. The van der Waals surface area contributed by atoms with Gasteiger partial charge in [-0.05, 0) is 31.9 Å². The van der Waals surface area contributed by atoms with Crippen molar-refractivity contribution in [3.05, 3.63) is 29.3 Å². The highest BCUT2D eigenvalue weighted by Crippen LogP contribution is 2.26. The van der Waals surface area contributed by atoms with E-state index in [1.807, 2.05) is 25.1 Å². The fraction of sp³-hybridized carbons (Fsp3) is 0.625. The van der Waals surface area contributed by atoms with Crippen molar-refractivity contribution in [3.63, 3.8) is 0 Å². The Balaban J connectivity index is 2.67. The lowest BCUT2D eigenvalue weighted by Gasteiger charge is -2.23. The summed E-state index contributed by atoms with van der Waals surface area (Å²) >= 11 is 0. The first-order chi connectivity index (χ1) is 8.99. The maximum Gasteiger partial charge on any atom is 0.124 e. The van der Waals surface area contributed by atoms with Crippen LogP contribution in [0.3, 0.4) is 0 Å². The predicted octanol–water partition coefficient (Wildman–Crippen LogP) is 3.06. The van der Waals surface area contributed by atoms with Crippen LogP contribution < -0.4 is 10.1 Å². The minimum Gasteiger partial charge on any atom is -0.496 e. The van der Waals surface area contributed by atoms with E-state index in [1.54, 1.807) is 7.11 Å². The normalized spacial score (nSPS) is 15.9. The number of aryl methyl sites for hydroxylation is 1. The van der Waals surface area contributed by atoms with Crippen LogP contribution >= 0.6 is 0 Å². The summed E-state index contributed by atoms with van der Waals surface area (Å²) in [6.07, 6.45) is 0.597. The Morgan fingerprint density at radius 3 is 2.58 bits per heavy atom. The quantitative estimate of drug-likeness (QED) is 0.796. The molecule has 0 bridgehead atoms. The molecule has 0 saturated carbocycles. The van der Waals surface area contributed by atoms with E-state index in [0.717, 1.165) is 23.3 Å². The van der Waals surface area contributed by atoms with E-state index in [9.17, 15) is 5.11 Å². The Hall–Kier alpha value is -1.06. The minimum atomic E-state index is -0.540. The van der Waals surface area contributed by atoms with Crippen molar-refractivity contribution in [2.75, 3.05) is 13.7 Å². The molecule has 1 rings (SSSR count). The van der Waals surface area contributed by atoms with E-state index in [1.165, 1.54) is 0 Å². The molecule has 0 spiro atoms. The maximum absolute atomic E-state index is 10.3. The van der Waals surface area contributed by atoms with Gasteiger partial charge >= 0.3 is 0 Å². The number of benzene rings is 1. The lowest BCUT2D eigenvalue weighted by Crippen LogP contribution is -2.35. The summed E-state index contributed by atoms with van der Waals surface area (Å²) in [6, 6.07) is 6.28. The molecule has 1 aromatic rings. The Kier molecular flexibility index (Phi) is 6.32. The fourth-order valence-electron chi connectivity index (χ4n) is 2.08. The van der Waals surface area contributed by atoms with Crippen LogP contribution in [0.4, 0.5) is 0 Å². The average Bonchev–Trinajstić information content (AvgIpc) is 2.43. The summed E-state index contributed by atoms with van der Waals surface area (Å²) in [7, 11) is 1.64. The van der Waals surface area contributed by atoms with Crippen LogP contribution in [-0.2, 0) is 0 Å². The molecule has 3 heteroatoms. The second-order valence-electron chi connectivity index (χ2n) is 5.34. The molecule has 1 aromatic carbocycles. The van der Waals surface area contributed by atoms with Crippen LogP contribution in [0.25, 0.3) is 0 Å². The van der Waals surface area contributed by atoms with Gasteiger partial charge in [0.2, 0.25) is 0 Å².